The molecule has 18 heavy (non-hydrogen) atoms. The van der Waals surface area contributed by atoms with Gasteiger partial charge in [-0.3, -0.25) is 0 Å². The second-order valence-corrected chi connectivity index (χ2v) is 10.7. The summed E-state index contributed by atoms with van der Waals surface area (Å²) in [5.74, 6) is 1.65. The molecule has 0 nitrogen and oxygen atoms in total. The molecular weight excluding hydrogens is 390 g/mol. The van der Waals surface area contributed by atoms with E-state index in [9.17, 15) is 0 Å². The molecule has 2 aromatic rings. The number of hydrogen-bond donors (Lipinski definition) is 2. The van der Waals surface area contributed by atoms with Crippen LogP contribution in [0.15, 0.2) is 48.5 Å². The van der Waals surface area contributed by atoms with Crippen LogP contribution in [0.1, 0.15) is 11.1 Å². The summed E-state index contributed by atoms with van der Waals surface area (Å²) in [4.78, 5) is 0. The topological polar surface area (TPSA) is 0 Å². The van der Waals surface area contributed by atoms with Crippen molar-refractivity contribution in [2.24, 2.45) is 0 Å². The predicted molar refractivity (Wildman–Crippen MR) is 89.0 cm³/mol. The van der Waals surface area contributed by atoms with Crippen molar-refractivity contribution in [3.05, 3.63) is 59.7 Å². The summed E-state index contributed by atoms with van der Waals surface area (Å²) in [6.45, 7) is 0. The summed E-state index contributed by atoms with van der Waals surface area (Å²) in [6, 6.07) is 17.7. The Balaban J connectivity index is 1.93. The third-order valence-electron chi connectivity index (χ3n) is 2.45. The summed E-state index contributed by atoms with van der Waals surface area (Å²) in [7, 11) is 0. The summed E-state index contributed by atoms with van der Waals surface area (Å²) in [5.41, 5.74) is 2.59. The minimum atomic E-state index is 0.574. The Labute approximate surface area is 131 Å². The van der Waals surface area contributed by atoms with E-state index in [1.807, 2.05) is 0 Å². The normalized spacial score (nSPS) is 10.6. The van der Waals surface area contributed by atoms with Crippen molar-refractivity contribution in [3.63, 3.8) is 0 Å². The molecule has 0 unspecified atom stereocenters. The Morgan fingerprint density at radius 2 is 0.944 bits per heavy atom. The average Bonchev–Trinajstić information content (AvgIpc) is 2.46. The zero-order valence-electron chi connectivity index (χ0n) is 9.74. The number of benzene rings is 2. The molecule has 0 aromatic heterocycles. The van der Waals surface area contributed by atoms with Crippen LogP contribution in [0.5, 0.6) is 0 Å². The van der Waals surface area contributed by atoms with Crippen LogP contribution >= 0.6 is 25.3 Å². The third kappa shape index (κ3) is 4.38. The SMILES string of the molecule is SCc1ccc([Se][Se]c2ccc(CS)cc2)cc1. The maximum atomic E-state index is 4.28. The van der Waals surface area contributed by atoms with Crippen LogP contribution in [0.4, 0.5) is 0 Å². The predicted octanol–water partition coefficient (Wildman–Crippen LogP) is 1.82. The first-order chi connectivity index (χ1) is 8.81. The molecule has 0 spiro atoms. The van der Waals surface area contributed by atoms with E-state index >= 15 is 0 Å². The van der Waals surface area contributed by atoms with Gasteiger partial charge in [0.1, 0.15) is 0 Å². The van der Waals surface area contributed by atoms with Crippen LogP contribution in [0.25, 0.3) is 0 Å². The van der Waals surface area contributed by atoms with Gasteiger partial charge in [0.2, 0.25) is 0 Å². The molecule has 0 aliphatic heterocycles. The van der Waals surface area contributed by atoms with Crippen molar-refractivity contribution >= 4 is 60.4 Å². The van der Waals surface area contributed by atoms with Gasteiger partial charge in [0, 0.05) is 0 Å². The van der Waals surface area contributed by atoms with Gasteiger partial charge in [0.05, 0.1) is 0 Å². The monoisotopic (exact) mass is 406 g/mol. The first kappa shape index (κ1) is 14.6. The van der Waals surface area contributed by atoms with Gasteiger partial charge in [-0.15, -0.1) is 0 Å². The van der Waals surface area contributed by atoms with E-state index in [4.69, 9.17) is 0 Å². The van der Waals surface area contributed by atoms with E-state index in [-0.39, 0.29) is 0 Å². The molecule has 0 heterocycles. The third-order valence-corrected chi connectivity index (χ3v) is 10.4. The summed E-state index contributed by atoms with van der Waals surface area (Å²) < 4.78 is 2.96. The van der Waals surface area contributed by atoms with Gasteiger partial charge in [-0.1, -0.05) is 0 Å². The van der Waals surface area contributed by atoms with E-state index < -0.39 is 0 Å². The van der Waals surface area contributed by atoms with Gasteiger partial charge in [-0.25, -0.2) is 0 Å². The molecule has 0 saturated heterocycles. The quantitative estimate of drug-likeness (QED) is 0.552. The minimum absolute atomic E-state index is 0.574. The van der Waals surface area contributed by atoms with Gasteiger partial charge < -0.3 is 0 Å². The molecule has 0 atom stereocenters. The molecule has 94 valence electrons. The average molecular weight is 404 g/mol. The fourth-order valence-electron chi connectivity index (χ4n) is 1.40. The fraction of sp³-hybridized carbons (Fsp3) is 0.143. The zero-order chi connectivity index (χ0) is 12.8. The van der Waals surface area contributed by atoms with Gasteiger partial charge >= 0.3 is 132 Å². The van der Waals surface area contributed by atoms with Crippen molar-refractivity contribution in [3.8, 4) is 0 Å². The molecule has 2 rings (SSSR count). The fourth-order valence-corrected chi connectivity index (χ4v) is 7.78. The molecule has 4 heteroatoms. The Kier molecular flexibility index (Phi) is 6.23. The Morgan fingerprint density at radius 1 is 0.611 bits per heavy atom. The van der Waals surface area contributed by atoms with E-state index in [2.05, 4.69) is 73.8 Å². The van der Waals surface area contributed by atoms with Gasteiger partial charge in [-0.05, 0) is 0 Å². The summed E-state index contributed by atoms with van der Waals surface area (Å²) in [5, 5.41) is 0. The molecule has 0 radical (unpaired) electrons. The number of thiol groups is 2. The molecule has 0 amide bonds. The molecule has 0 aliphatic rings. The van der Waals surface area contributed by atoms with Gasteiger partial charge in [0.15, 0.2) is 0 Å². The Hall–Kier alpha value is 0.179. The van der Waals surface area contributed by atoms with Crippen LogP contribution in [-0.2, 0) is 11.5 Å². The van der Waals surface area contributed by atoms with Crippen LogP contribution < -0.4 is 8.92 Å². The van der Waals surface area contributed by atoms with Gasteiger partial charge in [0.25, 0.3) is 0 Å². The van der Waals surface area contributed by atoms with Crippen molar-refractivity contribution in [2.45, 2.75) is 11.5 Å². The van der Waals surface area contributed by atoms with Crippen LogP contribution in [0, 0.1) is 0 Å². The summed E-state index contributed by atoms with van der Waals surface area (Å²) >= 11 is 9.70. The molecule has 0 fully saturated rings. The van der Waals surface area contributed by atoms with E-state index in [1.54, 1.807) is 0 Å². The molecule has 0 aliphatic carbocycles. The molecular formula is C14H14S2Se2. The Bertz CT molecular complexity index is 433. The van der Waals surface area contributed by atoms with Crippen LogP contribution in [0.2, 0.25) is 0 Å². The zero-order valence-corrected chi connectivity index (χ0v) is 15.0. The number of rotatable bonds is 5. The van der Waals surface area contributed by atoms with Crippen molar-refractivity contribution in [1.82, 2.24) is 0 Å². The second-order valence-electron chi connectivity index (χ2n) is 3.77. The van der Waals surface area contributed by atoms with E-state index in [1.165, 1.54) is 20.1 Å². The van der Waals surface area contributed by atoms with Gasteiger partial charge in [-0.2, -0.15) is 0 Å². The molecule has 0 N–H and O–H groups in total. The number of hydrogen-bond acceptors (Lipinski definition) is 2. The Morgan fingerprint density at radius 3 is 1.22 bits per heavy atom. The van der Waals surface area contributed by atoms with Crippen LogP contribution in [0.3, 0.4) is 0 Å². The molecule has 0 bridgehead atoms. The molecule has 0 saturated carbocycles. The van der Waals surface area contributed by atoms with Crippen molar-refractivity contribution in [2.75, 3.05) is 0 Å². The maximum absolute atomic E-state index is 4.28. The first-order valence-electron chi connectivity index (χ1n) is 5.56. The van der Waals surface area contributed by atoms with Crippen molar-refractivity contribution in [1.29, 1.82) is 0 Å². The van der Waals surface area contributed by atoms with E-state index in [0.29, 0.717) is 26.3 Å². The standard InChI is InChI=1S/C14H14S2Se2/c15-9-11-1-5-13(6-2-11)17-18-14-7-3-12(10-16)4-8-14/h1-8,15-16H,9-10H2. The second kappa shape index (κ2) is 7.69. The summed E-state index contributed by atoms with van der Waals surface area (Å²) in [6.07, 6.45) is 0. The molecule has 2 aromatic carbocycles. The van der Waals surface area contributed by atoms with Crippen LogP contribution in [-0.4, -0.2) is 26.3 Å². The van der Waals surface area contributed by atoms with E-state index in [0.717, 1.165) is 11.5 Å². The first-order valence-corrected chi connectivity index (χ1v) is 12.9. The van der Waals surface area contributed by atoms with Crippen molar-refractivity contribution < 1.29 is 0 Å².